The highest BCUT2D eigenvalue weighted by Crippen LogP contribution is 2.15. The normalized spacial score (nSPS) is 34.9. The summed E-state index contributed by atoms with van der Waals surface area (Å²) in [5.41, 5.74) is 0. The minimum Gasteiger partial charge on any atom is -0.306 e. The van der Waals surface area contributed by atoms with Crippen molar-refractivity contribution in [3.05, 3.63) is 0 Å². The van der Waals surface area contributed by atoms with Crippen LogP contribution in [0.5, 0.6) is 0 Å². The van der Waals surface area contributed by atoms with E-state index in [0.717, 1.165) is 13.0 Å². The van der Waals surface area contributed by atoms with Gasteiger partial charge in [0.1, 0.15) is 0 Å². The van der Waals surface area contributed by atoms with Crippen LogP contribution in [-0.2, 0) is 4.79 Å². The van der Waals surface area contributed by atoms with E-state index < -0.39 is 0 Å². The van der Waals surface area contributed by atoms with Crippen LogP contribution in [0.4, 0.5) is 0 Å². The van der Waals surface area contributed by atoms with Crippen LogP contribution in [0.2, 0.25) is 0 Å². The van der Waals surface area contributed by atoms with Gasteiger partial charge in [-0.1, -0.05) is 6.92 Å². The maximum absolute atomic E-state index is 10.7. The lowest BCUT2D eigenvalue weighted by Gasteiger charge is -2.08. The molecule has 2 nitrogen and oxygen atoms in total. The molecule has 0 aliphatic carbocycles. The number of nitrogens with one attached hydrogen (secondary N) is 1. The fraction of sp³-hybridized carbons (Fsp3) is 0.833. The Hall–Kier alpha value is -0.0200. The van der Waals surface area contributed by atoms with Crippen LogP contribution < -0.4 is 5.32 Å². The van der Waals surface area contributed by atoms with Gasteiger partial charge in [-0.25, -0.2) is 0 Å². The number of hydrogen-bond acceptors (Lipinski definition) is 2. The van der Waals surface area contributed by atoms with Crippen molar-refractivity contribution in [2.24, 2.45) is 5.92 Å². The highest BCUT2D eigenvalue weighted by molar-refractivity contribution is 7.96. The van der Waals surface area contributed by atoms with Crippen molar-refractivity contribution >= 4 is 17.7 Å². The first-order chi connectivity index (χ1) is 4.22. The van der Waals surface area contributed by atoms with Gasteiger partial charge in [0.25, 0.3) is 0 Å². The van der Waals surface area contributed by atoms with Crippen LogP contribution in [0.3, 0.4) is 0 Å². The average molecular weight is 145 g/mol. The van der Waals surface area contributed by atoms with Crippen molar-refractivity contribution in [2.75, 3.05) is 6.54 Å². The molecule has 0 bridgehead atoms. The number of carbonyl (C=O) groups is 1. The third kappa shape index (κ3) is 1.46. The maximum Gasteiger partial charge on any atom is 0.203 e. The number of thiol groups is 1. The molecule has 52 valence electrons. The molecule has 1 saturated heterocycles. The molecule has 1 rings (SSSR count). The first-order valence-corrected chi connectivity index (χ1v) is 3.62. The van der Waals surface area contributed by atoms with E-state index in [2.05, 4.69) is 24.9 Å². The van der Waals surface area contributed by atoms with Crippen molar-refractivity contribution in [1.82, 2.24) is 5.32 Å². The molecule has 0 spiro atoms. The highest BCUT2D eigenvalue weighted by Gasteiger charge is 2.26. The van der Waals surface area contributed by atoms with E-state index in [9.17, 15) is 4.79 Å². The highest BCUT2D eigenvalue weighted by atomic mass is 32.1. The molecule has 1 heterocycles. The van der Waals surface area contributed by atoms with Gasteiger partial charge in [-0.05, 0) is 18.9 Å². The predicted molar refractivity (Wildman–Crippen MR) is 39.6 cm³/mol. The Kier molecular flexibility index (Phi) is 2.13. The molecule has 1 aliphatic heterocycles. The molecule has 0 aromatic rings. The quantitative estimate of drug-likeness (QED) is 0.524. The van der Waals surface area contributed by atoms with Crippen molar-refractivity contribution in [1.29, 1.82) is 0 Å². The Labute approximate surface area is 60.4 Å². The number of hydrogen-bond donors (Lipinski definition) is 2. The van der Waals surface area contributed by atoms with Crippen molar-refractivity contribution in [3.8, 4) is 0 Å². The largest absolute Gasteiger partial charge is 0.306 e. The first-order valence-electron chi connectivity index (χ1n) is 3.18. The van der Waals surface area contributed by atoms with Gasteiger partial charge in [0.15, 0.2) is 0 Å². The second-order valence-corrected chi connectivity index (χ2v) is 2.98. The lowest BCUT2D eigenvalue weighted by molar-refractivity contribution is -0.112. The second kappa shape index (κ2) is 2.71. The molecule has 1 N–H and O–H groups in total. The molecule has 0 amide bonds. The smallest absolute Gasteiger partial charge is 0.203 e. The average Bonchev–Trinajstić information content (AvgIpc) is 2.13. The Morgan fingerprint density at radius 3 is 2.67 bits per heavy atom. The molecule has 2 atom stereocenters. The molecule has 9 heavy (non-hydrogen) atoms. The van der Waals surface area contributed by atoms with Gasteiger partial charge in [0.05, 0.1) is 6.04 Å². The predicted octanol–water partition coefficient (Wildman–Crippen LogP) is 0.441. The van der Waals surface area contributed by atoms with E-state index in [1.807, 2.05) is 0 Å². The SMILES string of the molecule is C[C@@H]1CCN[C@H]1C(=O)S. The van der Waals surface area contributed by atoms with E-state index in [4.69, 9.17) is 0 Å². The summed E-state index contributed by atoms with van der Waals surface area (Å²) < 4.78 is 0. The van der Waals surface area contributed by atoms with Crippen LogP contribution in [0.1, 0.15) is 13.3 Å². The molecule has 0 radical (unpaired) electrons. The molecular weight excluding hydrogens is 134 g/mol. The van der Waals surface area contributed by atoms with E-state index in [1.165, 1.54) is 0 Å². The van der Waals surface area contributed by atoms with Crippen LogP contribution in [-0.4, -0.2) is 17.7 Å². The molecule has 1 aliphatic rings. The van der Waals surface area contributed by atoms with Gasteiger partial charge in [0, 0.05) is 0 Å². The number of rotatable bonds is 1. The third-order valence-electron chi connectivity index (χ3n) is 1.80. The summed E-state index contributed by atoms with van der Waals surface area (Å²) in [6.07, 6.45) is 1.09. The zero-order chi connectivity index (χ0) is 6.85. The van der Waals surface area contributed by atoms with E-state index >= 15 is 0 Å². The van der Waals surface area contributed by atoms with Crippen LogP contribution in [0.25, 0.3) is 0 Å². The minimum absolute atomic E-state index is 0.00772. The number of carbonyl (C=O) groups excluding carboxylic acids is 1. The summed E-state index contributed by atoms with van der Waals surface area (Å²) in [6, 6.07) is 0.00772. The van der Waals surface area contributed by atoms with Crippen molar-refractivity contribution in [2.45, 2.75) is 19.4 Å². The van der Waals surface area contributed by atoms with Gasteiger partial charge in [0.2, 0.25) is 5.12 Å². The zero-order valence-electron chi connectivity index (χ0n) is 5.42. The summed E-state index contributed by atoms with van der Waals surface area (Å²) in [7, 11) is 0. The summed E-state index contributed by atoms with van der Waals surface area (Å²) >= 11 is 3.75. The molecule has 0 aromatic heterocycles. The second-order valence-electron chi connectivity index (χ2n) is 2.54. The summed E-state index contributed by atoms with van der Waals surface area (Å²) in [5, 5.41) is 3.05. The minimum atomic E-state index is -0.0278. The fourth-order valence-electron chi connectivity index (χ4n) is 1.17. The lowest BCUT2D eigenvalue weighted by atomic mass is 10.1. The molecule has 3 heteroatoms. The Balaban J connectivity index is 2.49. The van der Waals surface area contributed by atoms with E-state index in [0.29, 0.717) is 5.92 Å². The molecule has 1 fully saturated rings. The third-order valence-corrected chi connectivity index (χ3v) is 2.08. The van der Waals surface area contributed by atoms with Crippen molar-refractivity contribution < 1.29 is 4.79 Å². The topological polar surface area (TPSA) is 29.1 Å². The molecule has 0 unspecified atom stereocenters. The first kappa shape index (κ1) is 7.09. The standard InChI is InChI=1S/C6H11NOS/c1-4-2-3-7-5(4)6(8)9/h4-5,7H,2-3H2,1H3,(H,8,9)/t4-,5-/m1/s1. The van der Waals surface area contributed by atoms with E-state index in [1.54, 1.807) is 0 Å². The van der Waals surface area contributed by atoms with Gasteiger partial charge >= 0.3 is 0 Å². The van der Waals surface area contributed by atoms with Crippen LogP contribution >= 0.6 is 12.6 Å². The molecule has 0 aromatic carbocycles. The summed E-state index contributed by atoms with van der Waals surface area (Å²) in [6.45, 7) is 3.02. The fourth-order valence-corrected chi connectivity index (χ4v) is 1.51. The van der Waals surface area contributed by atoms with Gasteiger partial charge in [-0.2, -0.15) is 0 Å². The lowest BCUT2D eigenvalue weighted by Crippen LogP contribution is -2.31. The summed E-state index contributed by atoms with van der Waals surface area (Å²) in [4.78, 5) is 10.7. The Morgan fingerprint density at radius 2 is 2.44 bits per heavy atom. The molecular formula is C6H11NOS. The Morgan fingerprint density at radius 1 is 1.78 bits per heavy atom. The maximum atomic E-state index is 10.7. The van der Waals surface area contributed by atoms with Crippen molar-refractivity contribution in [3.63, 3.8) is 0 Å². The zero-order valence-corrected chi connectivity index (χ0v) is 6.32. The van der Waals surface area contributed by atoms with Crippen LogP contribution in [0.15, 0.2) is 0 Å². The van der Waals surface area contributed by atoms with Gasteiger partial charge < -0.3 is 5.32 Å². The van der Waals surface area contributed by atoms with Gasteiger partial charge in [-0.15, -0.1) is 12.6 Å². The molecule has 0 saturated carbocycles. The van der Waals surface area contributed by atoms with Gasteiger partial charge in [-0.3, -0.25) is 4.79 Å². The summed E-state index contributed by atoms with van der Waals surface area (Å²) in [5.74, 6) is 0.468. The Bertz CT molecular complexity index is 126. The van der Waals surface area contributed by atoms with Crippen LogP contribution in [0, 0.1) is 5.92 Å². The monoisotopic (exact) mass is 145 g/mol. The van der Waals surface area contributed by atoms with E-state index in [-0.39, 0.29) is 11.2 Å².